The number of carbonyl (C=O) groups excluding carboxylic acids is 1. The number of nitrogens with zero attached hydrogens (tertiary/aromatic N) is 3. The Morgan fingerprint density at radius 1 is 1.16 bits per heavy atom. The van der Waals surface area contributed by atoms with E-state index in [-0.39, 0.29) is 5.97 Å². The number of pyridine rings is 1. The molecule has 1 aliphatic heterocycles. The van der Waals surface area contributed by atoms with Crippen LogP contribution in [0.5, 0.6) is 0 Å². The first-order chi connectivity index (χ1) is 15.2. The summed E-state index contributed by atoms with van der Waals surface area (Å²) in [7, 11) is 1.37. The maximum Gasteiger partial charge on any atom is 0.337 e. The summed E-state index contributed by atoms with van der Waals surface area (Å²) in [6.07, 6.45) is 5.61. The highest BCUT2D eigenvalue weighted by Gasteiger charge is 2.18. The van der Waals surface area contributed by atoms with Gasteiger partial charge >= 0.3 is 5.97 Å². The van der Waals surface area contributed by atoms with Crippen LogP contribution in [0.4, 0.5) is 5.82 Å². The Hall–Kier alpha value is -3.89. The van der Waals surface area contributed by atoms with E-state index >= 15 is 0 Å². The van der Waals surface area contributed by atoms with Crippen molar-refractivity contribution in [3.8, 4) is 17.3 Å². The molecule has 0 radical (unpaired) electrons. The Balaban J connectivity index is 1.54. The highest BCUT2D eigenvalue weighted by molar-refractivity contribution is 5.89. The predicted molar refractivity (Wildman–Crippen MR) is 121 cm³/mol. The van der Waals surface area contributed by atoms with Crippen molar-refractivity contribution in [1.29, 1.82) is 5.26 Å². The van der Waals surface area contributed by atoms with E-state index < -0.39 is 0 Å². The lowest BCUT2D eigenvalue weighted by molar-refractivity contribution is 0.0600. The average Bonchev–Trinajstić information content (AvgIpc) is 3.28. The number of nitriles is 1. The molecule has 0 amide bonds. The van der Waals surface area contributed by atoms with Crippen LogP contribution in [-0.4, -0.2) is 49.2 Å². The van der Waals surface area contributed by atoms with Gasteiger partial charge in [-0.05, 0) is 42.0 Å². The lowest BCUT2D eigenvalue weighted by Gasteiger charge is -2.28. The summed E-state index contributed by atoms with van der Waals surface area (Å²) in [6.45, 7) is 3.55. The Kier molecular flexibility index (Phi) is 6.11. The van der Waals surface area contributed by atoms with E-state index in [2.05, 4.69) is 26.3 Å². The number of hydrogen-bond donors (Lipinski definition) is 2. The molecule has 7 heteroatoms. The second kappa shape index (κ2) is 9.28. The third-order valence-electron chi connectivity index (χ3n) is 5.22. The molecule has 0 bridgehead atoms. The third-order valence-corrected chi connectivity index (χ3v) is 5.22. The van der Waals surface area contributed by atoms with Gasteiger partial charge < -0.3 is 19.9 Å². The molecule has 1 aromatic carbocycles. The number of H-pyrrole nitrogens is 1. The van der Waals surface area contributed by atoms with Crippen molar-refractivity contribution in [2.75, 3.05) is 38.2 Å². The molecule has 1 aliphatic rings. The van der Waals surface area contributed by atoms with E-state index in [1.165, 1.54) is 7.11 Å². The molecular weight excluding hydrogens is 390 g/mol. The molecule has 3 heterocycles. The molecule has 156 valence electrons. The molecular formula is C24H23N5O2. The molecule has 2 aromatic heterocycles. The van der Waals surface area contributed by atoms with Gasteiger partial charge in [-0.2, -0.15) is 5.26 Å². The van der Waals surface area contributed by atoms with Crippen molar-refractivity contribution in [2.45, 2.75) is 0 Å². The van der Waals surface area contributed by atoms with Gasteiger partial charge in [-0.15, -0.1) is 0 Å². The number of aromatic amines is 1. The van der Waals surface area contributed by atoms with Crippen LogP contribution in [0.25, 0.3) is 23.4 Å². The van der Waals surface area contributed by atoms with Crippen LogP contribution < -0.4 is 10.2 Å². The van der Waals surface area contributed by atoms with Crippen LogP contribution in [0.15, 0.2) is 48.7 Å². The fourth-order valence-corrected chi connectivity index (χ4v) is 3.56. The van der Waals surface area contributed by atoms with Gasteiger partial charge in [-0.3, -0.25) is 4.98 Å². The van der Waals surface area contributed by atoms with Gasteiger partial charge in [0.15, 0.2) is 0 Å². The number of carbonyl (C=O) groups is 1. The summed E-state index contributed by atoms with van der Waals surface area (Å²) in [6, 6.07) is 15.3. The number of benzene rings is 1. The van der Waals surface area contributed by atoms with Gasteiger partial charge in [-0.1, -0.05) is 18.2 Å². The molecule has 3 aromatic rings. The molecule has 0 unspecified atom stereocenters. The Labute approximate surface area is 181 Å². The minimum absolute atomic E-state index is 0.354. The molecule has 0 spiro atoms. The summed E-state index contributed by atoms with van der Waals surface area (Å²) in [5, 5.41) is 12.9. The Morgan fingerprint density at radius 3 is 2.65 bits per heavy atom. The highest BCUT2D eigenvalue weighted by atomic mass is 16.5. The highest BCUT2D eigenvalue weighted by Crippen LogP contribution is 2.28. The van der Waals surface area contributed by atoms with Crippen LogP contribution in [0.2, 0.25) is 0 Å². The van der Waals surface area contributed by atoms with Crippen LogP contribution >= 0.6 is 0 Å². The first kappa shape index (κ1) is 20.4. The van der Waals surface area contributed by atoms with E-state index in [0.717, 1.165) is 54.5 Å². The zero-order valence-corrected chi connectivity index (χ0v) is 17.3. The smallest absolute Gasteiger partial charge is 0.337 e. The number of methoxy groups -OCH3 is 1. The van der Waals surface area contributed by atoms with Gasteiger partial charge in [0.2, 0.25) is 0 Å². The molecule has 1 fully saturated rings. The lowest BCUT2D eigenvalue weighted by atomic mass is 10.1. The van der Waals surface area contributed by atoms with Crippen LogP contribution in [0.3, 0.4) is 0 Å². The Bertz CT molecular complexity index is 1140. The van der Waals surface area contributed by atoms with Gasteiger partial charge in [0.25, 0.3) is 0 Å². The molecule has 0 aliphatic carbocycles. The van der Waals surface area contributed by atoms with Crippen molar-refractivity contribution in [2.24, 2.45) is 0 Å². The lowest BCUT2D eigenvalue weighted by Crippen LogP contribution is -2.44. The number of piperazine rings is 1. The van der Waals surface area contributed by atoms with Crippen molar-refractivity contribution >= 4 is 23.9 Å². The van der Waals surface area contributed by atoms with Crippen molar-refractivity contribution in [3.63, 3.8) is 0 Å². The minimum atomic E-state index is -0.354. The van der Waals surface area contributed by atoms with Crippen molar-refractivity contribution in [3.05, 3.63) is 71.0 Å². The molecule has 0 saturated carbocycles. The summed E-state index contributed by atoms with van der Waals surface area (Å²) in [5.74, 6) is 0.520. The fraction of sp³-hybridized carbons (Fsp3) is 0.208. The molecule has 4 rings (SSSR count). The Morgan fingerprint density at radius 2 is 1.94 bits per heavy atom. The number of rotatable bonds is 5. The molecule has 2 N–H and O–H groups in total. The first-order valence-corrected chi connectivity index (χ1v) is 10.1. The monoisotopic (exact) mass is 413 g/mol. The second-order valence-corrected chi connectivity index (χ2v) is 7.21. The SMILES string of the molecule is COC(=O)c1ccc(C=Cc2cc(-c3cc(C#N)c(N4CCNCC4)[nH]3)ccn2)cc1. The number of anilines is 1. The van der Waals surface area contributed by atoms with Gasteiger partial charge in [0.05, 0.1) is 23.9 Å². The minimum Gasteiger partial charge on any atom is -0.465 e. The summed E-state index contributed by atoms with van der Waals surface area (Å²) in [5.41, 5.74) is 4.77. The topological polar surface area (TPSA) is 94.0 Å². The van der Waals surface area contributed by atoms with E-state index in [1.807, 2.05) is 42.5 Å². The number of hydrogen-bond acceptors (Lipinski definition) is 6. The van der Waals surface area contributed by atoms with Crippen LogP contribution in [0, 0.1) is 11.3 Å². The van der Waals surface area contributed by atoms with Crippen LogP contribution in [-0.2, 0) is 4.74 Å². The first-order valence-electron chi connectivity index (χ1n) is 10.1. The van der Waals surface area contributed by atoms with Crippen molar-refractivity contribution < 1.29 is 9.53 Å². The maximum atomic E-state index is 11.5. The van der Waals surface area contributed by atoms with E-state index in [9.17, 15) is 10.1 Å². The van der Waals surface area contributed by atoms with Crippen LogP contribution in [0.1, 0.15) is 27.2 Å². The quantitative estimate of drug-likeness (QED) is 0.623. The number of aromatic nitrogens is 2. The number of esters is 1. The van der Waals surface area contributed by atoms with E-state index in [4.69, 9.17) is 4.74 Å². The standard InChI is InChI=1S/C24H23N5O2/c1-31-24(30)18-5-2-17(3-6-18)4-7-21-14-19(8-9-27-21)22-15-20(16-25)23(28-22)29-12-10-26-11-13-29/h2-9,14-15,26,28H,10-13H2,1H3. The van der Waals surface area contributed by atoms with E-state index in [1.54, 1.807) is 18.3 Å². The fourth-order valence-electron chi connectivity index (χ4n) is 3.56. The molecule has 1 saturated heterocycles. The molecule has 7 nitrogen and oxygen atoms in total. The molecule has 0 atom stereocenters. The average molecular weight is 413 g/mol. The summed E-state index contributed by atoms with van der Waals surface area (Å²) < 4.78 is 4.72. The predicted octanol–water partition coefficient (Wildman–Crippen LogP) is 3.31. The second-order valence-electron chi connectivity index (χ2n) is 7.21. The van der Waals surface area contributed by atoms with Crippen molar-refractivity contribution in [1.82, 2.24) is 15.3 Å². The van der Waals surface area contributed by atoms with Gasteiger partial charge in [-0.25, -0.2) is 4.79 Å². The maximum absolute atomic E-state index is 11.5. The molecule has 31 heavy (non-hydrogen) atoms. The zero-order chi connectivity index (χ0) is 21.6. The summed E-state index contributed by atoms with van der Waals surface area (Å²) in [4.78, 5) is 21.6. The largest absolute Gasteiger partial charge is 0.465 e. The normalized spacial score (nSPS) is 13.9. The zero-order valence-electron chi connectivity index (χ0n) is 17.3. The number of nitrogens with one attached hydrogen (secondary N) is 2. The summed E-state index contributed by atoms with van der Waals surface area (Å²) >= 11 is 0. The van der Waals surface area contributed by atoms with E-state index in [0.29, 0.717) is 11.1 Å². The number of ether oxygens (including phenoxy) is 1. The van der Waals surface area contributed by atoms with Gasteiger partial charge in [0, 0.05) is 43.6 Å². The van der Waals surface area contributed by atoms with Gasteiger partial charge in [0.1, 0.15) is 11.9 Å². The third kappa shape index (κ3) is 4.65.